The first-order valence-electron chi connectivity index (χ1n) is 4.03. The Balaban J connectivity index is 2.51. The highest BCUT2D eigenvalue weighted by atomic mass is 32.1. The van der Waals surface area contributed by atoms with E-state index in [9.17, 15) is 0 Å². The van der Waals surface area contributed by atoms with Gasteiger partial charge in [0, 0.05) is 0 Å². The highest BCUT2D eigenvalue weighted by Gasteiger charge is 2.34. The maximum absolute atomic E-state index is 5.69. The van der Waals surface area contributed by atoms with Gasteiger partial charge in [0.25, 0.3) is 0 Å². The predicted molar refractivity (Wildman–Crippen MR) is 48.4 cm³/mol. The minimum Gasteiger partial charge on any atom is -0.330 e. The second-order valence-corrected chi connectivity index (χ2v) is 4.03. The highest BCUT2D eigenvalue weighted by molar-refractivity contribution is 7.80. The van der Waals surface area contributed by atoms with Crippen molar-refractivity contribution in [2.75, 3.05) is 12.3 Å². The van der Waals surface area contributed by atoms with Crippen molar-refractivity contribution in [2.45, 2.75) is 26.2 Å². The zero-order valence-corrected chi connectivity index (χ0v) is 7.53. The molecular formula is C8H17NS. The van der Waals surface area contributed by atoms with Crippen LogP contribution in [0.4, 0.5) is 0 Å². The summed E-state index contributed by atoms with van der Waals surface area (Å²) in [6.45, 7) is 3.13. The zero-order chi connectivity index (χ0) is 7.61. The van der Waals surface area contributed by atoms with Gasteiger partial charge in [-0.1, -0.05) is 13.3 Å². The summed E-state index contributed by atoms with van der Waals surface area (Å²) in [5, 5.41) is 0. The van der Waals surface area contributed by atoms with E-state index in [0.29, 0.717) is 5.41 Å². The summed E-state index contributed by atoms with van der Waals surface area (Å²) in [6, 6.07) is 0. The number of nitrogens with two attached hydrogens (primary N) is 1. The van der Waals surface area contributed by atoms with E-state index in [0.717, 1.165) is 18.2 Å². The molecule has 2 heteroatoms. The van der Waals surface area contributed by atoms with E-state index >= 15 is 0 Å². The van der Waals surface area contributed by atoms with Gasteiger partial charge in [0.2, 0.25) is 0 Å². The van der Waals surface area contributed by atoms with Crippen molar-refractivity contribution in [2.24, 2.45) is 17.1 Å². The summed E-state index contributed by atoms with van der Waals surface area (Å²) >= 11 is 4.34. The van der Waals surface area contributed by atoms with Gasteiger partial charge in [-0.25, -0.2) is 0 Å². The van der Waals surface area contributed by atoms with Crippen LogP contribution in [-0.4, -0.2) is 12.3 Å². The Morgan fingerprint density at radius 3 is 2.60 bits per heavy atom. The molecule has 1 unspecified atom stereocenters. The molecule has 2 N–H and O–H groups in total. The van der Waals surface area contributed by atoms with Crippen LogP contribution in [0.5, 0.6) is 0 Å². The smallest absolute Gasteiger partial charge is 0.00126 e. The fraction of sp³-hybridized carbons (Fsp3) is 1.00. The molecule has 1 fully saturated rings. The van der Waals surface area contributed by atoms with Crippen LogP contribution in [0.25, 0.3) is 0 Å². The fourth-order valence-electron chi connectivity index (χ4n) is 1.89. The predicted octanol–water partition coefficient (Wildman–Crippen LogP) is 1.68. The molecule has 0 aliphatic heterocycles. The lowest BCUT2D eigenvalue weighted by atomic mass is 9.88. The standard InChI is InChI=1S/C8H17NS/c1-7-2-3-8(4-7,5-9)6-10/h7,10H,2-6,9H2,1H3/t7-,8?/m1/s1. The first kappa shape index (κ1) is 8.41. The summed E-state index contributed by atoms with van der Waals surface area (Å²) in [5.41, 5.74) is 6.08. The third-order valence-electron chi connectivity index (χ3n) is 2.72. The largest absolute Gasteiger partial charge is 0.330 e. The summed E-state index contributed by atoms with van der Waals surface area (Å²) < 4.78 is 0. The number of rotatable bonds is 2. The molecule has 0 bridgehead atoms. The van der Waals surface area contributed by atoms with Gasteiger partial charge in [0.15, 0.2) is 0 Å². The Morgan fingerprint density at radius 1 is 1.70 bits per heavy atom. The minimum absolute atomic E-state index is 0.391. The molecule has 1 aliphatic rings. The Morgan fingerprint density at radius 2 is 2.40 bits per heavy atom. The van der Waals surface area contributed by atoms with Crippen LogP contribution in [-0.2, 0) is 0 Å². The summed E-state index contributed by atoms with van der Waals surface area (Å²) in [4.78, 5) is 0. The second-order valence-electron chi connectivity index (χ2n) is 3.71. The van der Waals surface area contributed by atoms with Gasteiger partial charge in [-0.05, 0) is 36.5 Å². The first-order chi connectivity index (χ1) is 4.72. The Hall–Kier alpha value is 0.310. The topological polar surface area (TPSA) is 26.0 Å². The van der Waals surface area contributed by atoms with Gasteiger partial charge in [0.1, 0.15) is 0 Å². The van der Waals surface area contributed by atoms with E-state index in [1.54, 1.807) is 0 Å². The molecule has 1 nitrogen and oxygen atoms in total. The Bertz CT molecular complexity index is 110. The van der Waals surface area contributed by atoms with E-state index in [-0.39, 0.29) is 0 Å². The van der Waals surface area contributed by atoms with Crippen LogP contribution in [0.15, 0.2) is 0 Å². The number of thiol groups is 1. The molecule has 1 rings (SSSR count). The van der Waals surface area contributed by atoms with Crippen LogP contribution in [0.3, 0.4) is 0 Å². The lowest BCUT2D eigenvalue weighted by Gasteiger charge is -2.24. The van der Waals surface area contributed by atoms with Crippen molar-refractivity contribution < 1.29 is 0 Å². The normalized spacial score (nSPS) is 40.5. The molecule has 0 radical (unpaired) electrons. The molecule has 10 heavy (non-hydrogen) atoms. The maximum atomic E-state index is 5.69. The molecule has 0 aromatic heterocycles. The summed E-state index contributed by atoms with van der Waals surface area (Å²) in [7, 11) is 0. The van der Waals surface area contributed by atoms with Crippen molar-refractivity contribution >= 4 is 12.6 Å². The average Bonchev–Trinajstić information content (AvgIpc) is 2.33. The van der Waals surface area contributed by atoms with Gasteiger partial charge >= 0.3 is 0 Å². The summed E-state index contributed by atoms with van der Waals surface area (Å²) in [5.74, 6) is 1.84. The minimum atomic E-state index is 0.391. The van der Waals surface area contributed by atoms with Crippen LogP contribution >= 0.6 is 12.6 Å². The molecule has 1 saturated carbocycles. The van der Waals surface area contributed by atoms with Crippen molar-refractivity contribution in [3.8, 4) is 0 Å². The lowest BCUT2D eigenvalue weighted by Crippen LogP contribution is -2.29. The van der Waals surface area contributed by atoms with Gasteiger partial charge in [-0.15, -0.1) is 0 Å². The molecule has 0 amide bonds. The van der Waals surface area contributed by atoms with Crippen molar-refractivity contribution in [3.63, 3.8) is 0 Å². The Labute approximate surface area is 68.8 Å². The molecular weight excluding hydrogens is 142 g/mol. The van der Waals surface area contributed by atoms with E-state index in [2.05, 4.69) is 19.6 Å². The third-order valence-corrected chi connectivity index (χ3v) is 3.39. The van der Waals surface area contributed by atoms with Crippen LogP contribution in [0.1, 0.15) is 26.2 Å². The zero-order valence-electron chi connectivity index (χ0n) is 6.64. The molecule has 2 atom stereocenters. The molecule has 0 saturated heterocycles. The van der Waals surface area contributed by atoms with Gasteiger partial charge < -0.3 is 5.73 Å². The van der Waals surface area contributed by atoms with E-state index in [4.69, 9.17) is 5.73 Å². The first-order valence-corrected chi connectivity index (χ1v) is 4.66. The van der Waals surface area contributed by atoms with Crippen LogP contribution in [0.2, 0.25) is 0 Å². The SMILES string of the molecule is C[C@@H]1CCC(CN)(CS)C1. The van der Waals surface area contributed by atoms with Crippen molar-refractivity contribution in [1.29, 1.82) is 0 Å². The quantitative estimate of drug-likeness (QED) is 0.589. The fourth-order valence-corrected chi connectivity index (χ4v) is 2.31. The van der Waals surface area contributed by atoms with E-state index < -0.39 is 0 Å². The molecule has 60 valence electrons. The molecule has 0 aromatic carbocycles. The van der Waals surface area contributed by atoms with Gasteiger partial charge in [0.05, 0.1) is 0 Å². The second kappa shape index (κ2) is 3.14. The Kier molecular flexibility index (Phi) is 2.64. The summed E-state index contributed by atoms with van der Waals surface area (Å²) in [6.07, 6.45) is 3.92. The van der Waals surface area contributed by atoms with Crippen LogP contribution in [0, 0.1) is 11.3 Å². The van der Waals surface area contributed by atoms with Gasteiger partial charge in [-0.3, -0.25) is 0 Å². The van der Waals surface area contributed by atoms with E-state index in [1.807, 2.05) is 0 Å². The molecule has 0 spiro atoms. The molecule has 1 aliphatic carbocycles. The molecule has 0 aromatic rings. The average molecular weight is 159 g/mol. The van der Waals surface area contributed by atoms with Crippen molar-refractivity contribution in [3.05, 3.63) is 0 Å². The van der Waals surface area contributed by atoms with Gasteiger partial charge in [-0.2, -0.15) is 12.6 Å². The molecule has 0 heterocycles. The van der Waals surface area contributed by atoms with Crippen molar-refractivity contribution in [1.82, 2.24) is 0 Å². The number of hydrogen-bond acceptors (Lipinski definition) is 2. The van der Waals surface area contributed by atoms with Crippen LogP contribution < -0.4 is 5.73 Å². The van der Waals surface area contributed by atoms with E-state index in [1.165, 1.54) is 19.3 Å². The number of hydrogen-bond donors (Lipinski definition) is 2. The maximum Gasteiger partial charge on any atom is -0.00126 e. The monoisotopic (exact) mass is 159 g/mol. The third kappa shape index (κ3) is 1.48. The lowest BCUT2D eigenvalue weighted by molar-refractivity contribution is 0.347. The highest BCUT2D eigenvalue weighted by Crippen LogP contribution is 2.41.